The lowest BCUT2D eigenvalue weighted by Crippen LogP contribution is -2.22. The molecule has 0 radical (unpaired) electrons. The van der Waals surface area contributed by atoms with Crippen LogP contribution in [0, 0.1) is 0 Å². The van der Waals surface area contributed by atoms with Gasteiger partial charge in [0.05, 0.1) is 34.6 Å². The zero-order valence-electron chi connectivity index (χ0n) is 8.17. The SMILES string of the molecule is BC(B)(B)COc1ncccc1Br. The minimum Gasteiger partial charge on any atom is -0.479 e. The number of rotatable bonds is 3. The third-order valence-corrected chi connectivity index (χ3v) is 1.97. The highest BCUT2D eigenvalue weighted by molar-refractivity contribution is 9.10. The van der Waals surface area contributed by atoms with Gasteiger partial charge in [0.25, 0.3) is 0 Å². The van der Waals surface area contributed by atoms with Gasteiger partial charge >= 0.3 is 0 Å². The molecule has 0 saturated carbocycles. The van der Waals surface area contributed by atoms with Gasteiger partial charge in [0.2, 0.25) is 5.88 Å². The van der Waals surface area contributed by atoms with Gasteiger partial charge in [-0.1, -0.05) is 5.11 Å². The molecule has 0 bridgehead atoms. The van der Waals surface area contributed by atoms with Crippen LogP contribution in [0.4, 0.5) is 0 Å². The van der Waals surface area contributed by atoms with E-state index < -0.39 is 0 Å². The molecular formula is C7H11B3BrNO. The van der Waals surface area contributed by atoms with Gasteiger partial charge in [-0.2, -0.15) is 0 Å². The van der Waals surface area contributed by atoms with Gasteiger partial charge < -0.3 is 4.74 Å². The van der Waals surface area contributed by atoms with E-state index in [2.05, 4.69) is 44.5 Å². The Labute approximate surface area is 89.8 Å². The van der Waals surface area contributed by atoms with Crippen molar-refractivity contribution in [1.82, 2.24) is 4.98 Å². The lowest BCUT2D eigenvalue weighted by Gasteiger charge is -2.18. The number of nitrogens with zero attached hydrogens (tertiary/aromatic N) is 1. The normalized spacial score (nSPS) is 11.2. The molecule has 0 aromatic carbocycles. The molecule has 2 nitrogen and oxygen atoms in total. The lowest BCUT2D eigenvalue weighted by atomic mass is 9.43. The Morgan fingerprint density at radius 1 is 1.46 bits per heavy atom. The molecule has 0 atom stereocenters. The molecule has 1 aromatic rings. The van der Waals surface area contributed by atoms with Crippen LogP contribution in [-0.2, 0) is 0 Å². The van der Waals surface area contributed by atoms with Gasteiger partial charge in [-0.05, 0) is 28.1 Å². The molecule has 0 amide bonds. The van der Waals surface area contributed by atoms with Crippen molar-refractivity contribution in [3.8, 4) is 5.88 Å². The number of halogens is 1. The molecule has 0 aliphatic heterocycles. The quantitative estimate of drug-likeness (QED) is 0.642. The van der Waals surface area contributed by atoms with Crippen LogP contribution < -0.4 is 4.74 Å². The molecule has 0 saturated heterocycles. The highest BCUT2D eigenvalue weighted by Gasteiger charge is 2.12. The standard InChI is InChI=1S/C7H11B3BrNO/c8-7(9,10)4-13-6-5(11)2-1-3-12-6/h1-3H,4,8-10H2. The average molecular weight is 238 g/mol. The van der Waals surface area contributed by atoms with Crippen molar-refractivity contribution in [2.45, 2.75) is 5.11 Å². The van der Waals surface area contributed by atoms with Crippen molar-refractivity contribution >= 4 is 39.5 Å². The number of hydrogen-bond donors (Lipinski definition) is 0. The lowest BCUT2D eigenvalue weighted by molar-refractivity contribution is 0.308. The molecule has 0 aliphatic carbocycles. The molecule has 0 N–H and O–H groups in total. The first kappa shape index (κ1) is 10.7. The maximum atomic E-state index is 5.54. The average Bonchev–Trinajstić information content (AvgIpc) is 2.01. The smallest absolute Gasteiger partial charge is 0.227 e. The Morgan fingerprint density at radius 3 is 2.69 bits per heavy atom. The fraction of sp³-hybridized carbons (Fsp3) is 0.286. The zero-order chi connectivity index (χ0) is 9.90. The Balaban J connectivity index is 2.60. The molecular weight excluding hydrogens is 226 g/mol. The minimum atomic E-state index is 0.164. The topological polar surface area (TPSA) is 22.1 Å². The van der Waals surface area contributed by atoms with Crippen LogP contribution in [0.15, 0.2) is 22.8 Å². The van der Waals surface area contributed by atoms with Gasteiger partial charge in [-0.25, -0.2) is 4.98 Å². The highest BCUT2D eigenvalue weighted by atomic mass is 79.9. The highest BCUT2D eigenvalue weighted by Crippen LogP contribution is 2.22. The Bertz CT molecular complexity index is 289. The summed E-state index contributed by atoms with van der Waals surface area (Å²) < 4.78 is 6.45. The monoisotopic (exact) mass is 237 g/mol. The molecule has 0 aliphatic rings. The summed E-state index contributed by atoms with van der Waals surface area (Å²) in [6.45, 7) is 0.669. The van der Waals surface area contributed by atoms with E-state index >= 15 is 0 Å². The summed E-state index contributed by atoms with van der Waals surface area (Å²) in [5.41, 5.74) is 0. The predicted octanol–water partition coefficient (Wildman–Crippen LogP) is -0.804. The predicted molar refractivity (Wildman–Crippen MR) is 65.8 cm³/mol. The number of aromatic nitrogens is 1. The van der Waals surface area contributed by atoms with E-state index in [4.69, 9.17) is 4.74 Å². The molecule has 66 valence electrons. The largest absolute Gasteiger partial charge is 0.479 e. The Morgan fingerprint density at radius 2 is 2.15 bits per heavy atom. The van der Waals surface area contributed by atoms with Gasteiger partial charge in [-0.3, -0.25) is 0 Å². The van der Waals surface area contributed by atoms with E-state index in [0.717, 1.165) is 4.47 Å². The van der Waals surface area contributed by atoms with Gasteiger partial charge in [0, 0.05) is 6.20 Å². The van der Waals surface area contributed by atoms with Crippen LogP contribution in [0.1, 0.15) is 0 Å². The van der Waals surface area contributed by atoms with Crippen LogP contribution in [0.2, 0.25) is 5.11 Å². The summed E-state index contributed by atoms with van der Waals surface area (Å²) >= 11 is 3.38. The Kier molecular flexibility index (Phi) is 3.48. The summed E-state index contributed by atoms with van der Waals surface area (Å²) in [6.07, 6.45) is 1.72. The molecule has 1 aromatic heterocycles. The summed E-state index contributed by atoms with van der Waals surface area (Å²) in [5.74, 6) is 0.664. The van der Waals surface area contributed by atoms with Crippen molar-refractivity contribution < 1.29 is 4.74 Å². The first-order valence-corrected chi connectivity index (χ1v) is 5.02. The Hall–Kier alpha value is -0.375. The fourth-order valence-electron chi connectivity index (χ4n) is 0.762. The maximum absolute atomic E-state index is 5.54. The second-order valence-corrected chi connectivity index (χ2v) is 4.99. The molecule has 0 spiro atoms. The van der Waals surface area contributed by atoms with E-state index in [9.17, 15) is 0 Å². The summed E-state index contributed by atoms with van der Waals surface area (Å²) in [4.78, 5) is 4.11. The van der Waals surface area contributed by atoms with Crippen LogP contribution in [0.5, 0.6) is 5.88 Å². The van der Waals surface area contributed by atoms with E-state index in [1.165, 1.54) is 0 Å². The summed E-state index contributed by atoms with van der Waals surface area (Å²) in [6, 6.07) is 3.79. The number of ether oxygens (including phenoxy) is 1. The molecule has 0 unspecified atom stereocenters. The summed E-state index contributed by atoms with van der Waals surface area (Å²) in [7, 11) is 6.39. The van der Waals surface area contributed by atoms with Crippen molar-refractivity contribution in [1.29, 1.82) is 0 Å². The van der Waals surface area contributed by atoms with Gasteiger partial charge in [0.1, 0.15) is 0 Å². The molecule has 1 rings (SSSR count). The molecule has 0 fully saturated rings. The van der Waals surface area contributed by atoms with Crippen molar-refractivity contribution in [2.75, 3.05) is 6.61 Å². The van der Waals surface area contributed by atoms with Crippen LogP contribution in [-0.4, -0.2) is 35.1 Å². The van der Waals surface area contributed by atoms with Crippen LogP contribution in [0.3, 0.4) is 0 Å². The van der Waals surface area contributed by atoms with E-state index in [1.54, 1.807) is 6.20 Å². The minimum absolute atomic E-state index is 0.164. The summed E-state index contributed by atoms with van der Waals surface area (Å²) in [5, 5.41) is 0.164. The van der Waals surface area contributed by atoms with E-state index in [-0.39, 0.29) is 5.11 Å². The fourth-order valence-corrected chi connectivity index (χ4v) is 1.13. The first-order chi connectivity index (χ1) is 5.99. The van der Waals surface area contributed by atoms with Gasteiger partial charge in [-0.15, -0.1) is 0 Å². The van der Waals surface area contributed by atoms with Crippen LogP contribution in [0.25, 0.3) is 0 Å². The van der Waals surface area contributed by atoms with Crippen molar-refractivity contribution in [2.24, 2.45) is 0 Å². The second-order valence-electron chi connectivity index (χ2n) is 4.14. The molecule has 13 heavy (non-hydrogen) atoms. The molecule has 1 heterocycles. The number of pyridine rings is 1. The van der Waals surface area contributed by atoms with E-state index in [1.807, 2.05) is 12.1 Å². The first-order valence-electron chi connectivity index (χ1n) is 4.22. The third-order valence-electron chi connectivity index (χ3n) is 1.37. The second kappa shape index (κ2) is 4.22. The third kappa shape index (κ3) is 3.90. The zero-order valence-corrected chi connectivity index (χ0v) is 9.76. The van der Waals surface area contributed by atoms with Crippen LogP contribution >= 0.6 is 15.9 Å². The van der Waals surface area contributed by atoms with Crippen molar-refractivity contribution in [3.05, 3.63) is 22.8 Å². The van der Waals surface area contributed by atoms with E-state index in [0.29, 0.717) is 12.5 Å². The van der Waals surface area contributed by atoms with Crippen molar-refractivity contribution in [3.63, 3.8) is 0 Å². The molecule has 6 heteroatoms. The maximum Gasteiger partial charge on any atom is 0.227 e. The van der Waals surface area contributed by atoms with Gasteiger partial charge in [0.15, 0.2) is 0 Å². The number of hydrogen-bond acceptors (Lipinski definition) is 2.